The zero-order valence-corrected chi connectivity index (χ0v) is 16.0. The average Bonchev–Trinajstić information content (AvgIpc) is 2.78. The maximum atomic E-state index is 5.89. The molecule has 0 fully saturated rings. The van der Waals surface area contributed by atoms with Crippen LogP contribution in [0.3, 0.4) is 0 Å². The highest BCUT2D eigenvalue weighted by atomic mass is 16.5. The highest BCUT2D eigenvalue weighted by Gasteiger charge is 2.23. The molecule has 5 heteroatoms. The van der Waals surface area contributed by atoms with E-state index < -0.39 is 0 Å². The number of aromatic nitrogens is 2. The Morgan fingerprint density at radius 1 is 1.32 bits per heavy atom. The van der Waals surface area contributed by atoms with E-state index in [4.69, 9.17) is 9.84 Å². The van der Waals surface area contributed by atoms with E-state index in [1.807, 2.05) is 17.8 Å². The number of rotatable bonds is 5. The van der Waals surface area contributed by atoms with E-state index in [2.05, 4.69) is 56.4 Å². The van der Waals surface area contributed by atoms with Crippen molar-refractivity contribution < 1.29 is 4.74 Å². The molecule has 1 aliphatic heterocycles. The van der Waals surface area contributed by atoms with E-state index in [0.717, 1.165) is 31.7 Å². The molecule has 3 rings (SSSR count). The molecular formula is C20H30N4O. The fourth-order valence-electron chi connectivity index (χ4n) is 3.73. The van der Waals surface area contributed by atoms with Gasteiger partial charge in [-0.1, -0.05) is 32.0 Å². The lowest BCUT2D eigenvalue weighted by Gasteiger charge is -2.21. The van der Waals surface area contributed by atoms with Crippen molar-refractivity contribution in [2.24, 2.45) is 7.05 Å². The second kappa shape index (κ2) is 7.48. The molecule has 2 heterocycles. The Bertz CT molecular complexity index is 720. The lowest BCUT2D eigenvalue weighted by molar-refractivity contribution is 0.315. The molecule has 136 valence electrons. The molecule has 1 aromatic heterocycles. The van der Waals surface area contributed by atoms with Gasteiger partial charge < -0.3 is 15.0 Å². The third-order valence-electron chi connectivity index (χ3n) is 4.83. The van der Waals surface area contributed by atoms with Gasteiger partial charge in [0.05, 0.1) is 12.3 Å². The first kappa shape index (κ1) is 17.8. The number of benzene rings is 1. The lowest BCUT2D eigenvalue weighted by Crippen LogP contribution is -2.23. The first-order valence-electron chi connectivity index (χ1n) is 9.17. The van der Waals surface area contributed by atoms with Crippen LogP contribution in [0.2, 0.25) is 0 Å². The molecule has 1 aromatic carbocycles. The monoisotopic (exact) mass is 342 g/mol. The summed E-state index contributed by atoms with van der Waals surface area (Å²) in [5.41, 5.74) is 3.74. The minimum atomic E-state index is 0.314. The van der Waals surface area contributed by atoms with Crippen molar-refractivity contribution in [3.63, 3.8) is 0 Å². The number of para-hydroxylation sites is 1. The predicted molar refractivity (Wildman–Crippen MR) is 102 cm³/mol. The van der Waals surface area contributed by atoms with Crippen LogP contribution in [0.25, 0.3) is 0 Å². The third-order valence-corrected chi connectivity index (χ3v) is 4.83. The van der Waals surface area contributed by atoms with Gasteiger partial charge in [-0.25, -0.2) is 0 Å². The molecule has 0 radical (unpaired) electrons. The molecule has 2 aromatic rings. The minimum absolute atomic E-state index is 0.314. The van der Waals surface area contributed by atoms with Gasteiger partial charge in [0, 0.05) is 44.9 Å². The molecule has 0 saturated carbocycles. The zero-order chi connectivity index (χ0) is 18.0. The Labute approximate surface area is 151 Å². The zero-order valence-electron chi connectivity index (χ0n) is 16.0. The van der Waals surface area contributed by atoms with Gasteiger partial charge in [-0.2, -0.15) is 5.10 Å². The Kier molecular flexibility index (Phi) is 5.33. The van der Waals surface area contributed by atoms with Gasteiger partial charge in [0.25, 0.3) is 0 Å². The minimum Gasteiger partial charge on any atom is -0.493 e. The largest absolute Gasteiger partial charge is 0.493 e. The predicted octanol–water partition coefficient (Wildman–Crippen LogP) is 3.61. The van der Waals surface area contributed by atoms with Gasteiger partial charge >= 0.3 is 0 Å². The van der Waals surface area contributed by atoms with Gasteiger partial charge in [-0.15, -0.1) is 0 Å². The summed E-state index contributed by atoms with van der Waals surface area (Å²) in [4.78, 5) is 2.15. The maximum absolute atomic E-state index is 5.89. The van der Waals surface area contributed by atoms with Crippen molar-refractivity contribution in [2.75, 3.05) is 25.6 Å². The Morgan fingerprint density at radius 3 is 2.80 bits per heavy atom. The summed E-state index contributed by atoms with van der Waals surface area (Å²) in [5, 5.41) is 8.55. The first-order chi connectivity index (χ1) is 12.0. The Morgan fingerprint density at radius 2 is 2.08 bits per heavy atom. The van der Waals surface area contributed by atoms with Crippen LogP contribution in [-0.4, -0.2) is 30.5 Å². The number of hydrogen-bond donors (Lipinski definition) is 1. The number of ether oxygens (including phenoxy) is 1. The lowest BCUT2D eigenvalue weighted by atomic mass is 10.0. The second-order valence-corrected chi connectivity index (χ2v) is 7.32. The van der Waals surface area contributed by atoms with Crippen molar-refractivity contribution in [3.8, 4) is 5.75 Å². The van der Waals surface area contributed by atoms with Crippen LogP contribution >= 0.6 is 0 Å². The molecule has 0 spiro atoms. The molecule has 5 nitrogen and oxygen atoms in total. The Balaban J connectivity index is 1.87. The summed E-state index contributed by atoms with van der Waals surface area (Å²) in [6.45, 7) is 6.02. The molecule has 0 saturated heterocycles. The van der Waals surface area contributed by atoms with Gasteiger partial charge in [0.1, 0.15) is 11.6 Å². The van der Waals surface area contributed by atoms with E-state index in [9.17, 15) is 0 Å². The van der Waals surface area contributed by atoms with E-state index >= 15 is 0 Å². The number of aryl methyl sites for hydroxylation is 1. The second-order valence-electron chi connectivity index (χ2n) is 7.32. The molecule has 0 amide bonds. The third kappa shape index (κ3) is 3.66. The maximum Gasteiger partial charge on any atom is 0.130 e. The smallest absolute Gasteiger partial charge is 0.130 e. The summed E-state index contributed by atoms with van der Waals surface area (Å²) in [6.07, 6.45) is 2.16. The molecule has 25 heavy (non-hydrogen) atoms. The average molecular weight is 342 g/mol. The van der Waals surface area contributed by atoms with Crippen molar-refractivity contribution in [3.05, 3.63) is 41.1 Å². The van der Waals surface area contributed by atoms with Crippen LogP contribution in [0.15, 0.2) is 24.3 Å². The van der Waals surface area contributed by atoms with Crippen LogP contribution in [0.5, 0.6) is 5.75 Å². The summed E-state index contributed by atoms with van der Waals surface area (Å²) < 4.78 is 7.89. The normalized spacial score (nSPS) is 17.1. The fraction of sp³-hybridized carbons (Fsp3) is 0.550. The van der Waals surface area contributed by atoms with Crippen molar-refractivity contribution >= 4 is 5.82 Å². The van der Waals surface area contributed by atoms with Crippen LogP contribution in [-0.2, 0) is 13.6 Å². The van der Waals surface area contributed by atoms with Gasteiger partial charge in [-0.05, 0) is 24.8 Å². The molecule has 1 aliphatic rings. The molecule has 0 unspecified atom stereocenters. The summed E-state index contributed by atoms with van der Waals surface area (Å²) in [6, 6.07) is 8.71. The van der Waals surface area contributed by atoms with Crippen molar-refractivity contribution in [1.29, 1.82) is 0 Å². The molecular weight excluding hydrogens is 312 g/mol. The van der Waals surface area contributed by atoms with Crippen LogP contribution in [0.4, 0.5) is 5.82 Å². The molecule has 0 aliphatic carbocycles. The van der Waals surface area contributed by atoms with Gasteiger partial charge in [0.2, 0.25) is 0 Å². The summed E-state index contributed by atoms with van der Waals surface area (Å²) >= 11 is 0. The fourth-order valence-corrected chi connectivity index (χ4v) is 3.73. The first-order valence-corrected chi connectivity index (χ1v) is 9.17. The van der Waals surface area contributed by atoms with E-state index in [1.54, 1.807) is 0 Å². The number of nitrogens with one attached hydrogen (secondary N) is 1. The van der Waals surface area contributed by atoms with E-state index in [0.29, 0.717) is 12.0 Å². The van der Waals surface area contributed by atoms with Gasteiger partial charge in [-0.3, -0.25) is 4.68 Å². The van der Waals surface area contributed by atoms with Crippen molar-refractivity contribution in [2.45, 2.75) is 45.2 Å². The van der Waals surface area contributed by atoms with Crippen LogP contribution in [0.1, 0.15) is 55.5 Å². The molecule has 1 N–H and O–H groups in total. The number of hydrogen-bond acceptors (Lipinski definition) is 4. The molecule has 0 bridgehead atoms. The standard InChI is InChI=1S/C20H30N4O/c1-14(2)19-16(20(23(3)4)24(5)22-19)13-21-17-10-8-12-25-18-11-7-6-9-15(17)18/h6-7,9,11,14,17,21H,8,10,12-13H2,1-5H3/t17-/m1/s1. The highest BCUT2D eigenvalue weighted by molar-refractivity contribution is 5.50. The number of fused-ring (bicyclic) bond motifs is 1. The SMILES string of the molecule is CC(C)c1nn(C)c(N(C)C)c1CN[C@@H]1CCCOc2ccccc21. The number of anilines is 1. The topological polar surface area (TPSA) is 42.3 Å². The van der Waals surface area contributed by atoms with E-state index in [1.165, 1.54) is 22.6 Å². The van der Waals surface area contributed by atoms with Gasteiger partial charge in [0.15, 0.2) is 0 Å². The van der Waals surface area contributed by atoms with Crippen molar-refractivity contribution in [1.82, 2.24) is 15.1 Å². The number of nitrogens with zero attached hydrogens (tertiary/aromatic N) is 3. The Hall–Kier alpha value is -2.01. The highest BCUT2D eigenvalue weighted by Crippen LogP contribution is 2.33. The summed E-state index contributed by atoms with van der Waals surface area (Å²) in [7, 11) is 6.19. The molecule has 1 atom stereocenters. The van der Waals surface area contributed by atoms with Crippen LogP contribution in [0, 0.1) is 0 Å². The summed E-state index contributed by atoms with van der Waals surface area (Å²) in [5.74, 6) is 2.59. The van der Waals surface area contributed by atoms with Crippen LogP contribution < -0.4 is 15.0 Å². The van der Waals surface area contributed by atoms with E-state index in [-0.39, 0.29) is 0 Å². The quantitative estimate of drug-likeness (QED) is 0.901.